The fraction of sp³-hybridized carbons (Fsp3) is 0.917. The lowest BCUT2D eigenvalue weighted by Crippen LogP contribution is -2.49. The number of nitrogens with one attached hydrogen (secondary N) is 2. The van der Waals surface area contributed by atoms with Crippen molar-refractivity contribution in [2.75, 3.05) is 26.7 Å². The maximum absolute atomic E-state index is 11.9. The number of rotatable bonds is 3. The molecule has 0 aliphatic carbocycles. The third-order valence-corrected chi connectivity index (χ3v) is 3.81. The smallest absolute Gasteiger partial charge is 0.237 e. The molecule has 108 valence electrons. The zero-order valence-corrected chi connectivity index (χ0v) is 12.6. The Labute approximate surface area is 122 Å². The van der Waals surface area contributed by atoms with Crippen LogP contribution in [0.3, 0.4) is 0 Å². The van der Waals surface area contributed by atoms with Crippen molar-refractivity contribution in [2.45, 2.75) is 44.2 Å². The van der Waals surface area contributed by atoms with E-state index >= 15 is 0 Å². The third-order valence-electron chi connectivity index (χ3n) is 3.81. The van der Waals surface area contributed by atoms with E-state index < -0.39 is 0 Å². The third kappa shape index (κ3) is 4.92. The summed E-state index contributed by atoms with van der Waals surface area (Å²) in [6.07, 6.45) is 5.85. The van der Waals surface area contributed by atoms with Crippen LogP contribution < -0.4 is 10.6 Å². The SMILES string of the molecule is CN1CCCC1CNC(=O)[C@H]1CCCCN1.Cl.Cl. The Bertz CT molecular complexity index is 247. The number of halogens is 2. The van der Waals surface area contributed by atoms with Gasteiger partial charge in [0, 0.05) is 12.6 Å². The first kappa shape index (κ1) is 18.0. The second-order valence-corrected chi connectivity index (χ2v) is 5.02. The molecule has 0 aromatic rings. The van der Waals surface area contributed by atoms with Crippen LogP contribution in [-0.2, 0) is 4.79 Å². The minimum Gasteiger partial charge on any atom is -0.353 e. The average Bonchev–Trinajstić information content (AvgIpc) is 2.73. The van der Waals surface area contributed by atoms with E-state index in [1.54, 1.807) is 0 Å². The van der Waals surface area contributed by atoms with E-state index in [1.165, 1.54) is 32.2 Å². The molecular formula is C12H25Cl2N3O. The molecule has 2 atom stereocenters. The Hall–Kier alpha value is -0.0300. The van der Waals surface area contributed by atoms with Crippen LogP contribution in [0.5, 0.6) is 0 Å². The maximum Gasteiger partial charge on any atom is 0.237 e. The molecule has 2 N–H and O–H groups in total. The lowest BCUT2D eigenvalue weighted by Gasteiger charge is -2.25. The van der Waals surface area contributed by atoms with Gasteiger partial charge in [-0.05, 0) is 45.8 Å². The van der Waals surface area contributed by atoms with E-state index in [9.17, 15) is 4.79 Å². The van der Waals surface area contributed by atoms with Crippen molar-refractivity contribution in [2.24, 2.45) is 0 Å². The number of hydrogen-bond donors (Lipinski definition) is 2. The van der Waals surface area contributed by atoms with E-state index in [0.29, 0.717) is 6.04 Å². The maximum atomic E-state index is 11.9. The number of piperidine rings is 1. The fourth-order valence-electron chi connectivity index (χ4n) is 2.65. The molecule has 0 saturated carbocycles. The van der Waals surface area contributed by atoms with Crippen molar-refractivity contribution in [1.82, 2.24) is 15.5 Å². The second-order valence-electron chi connectivity index (χ2n) is 5.02. The summed E-state index contributed by atoms with van der Waals surface area (Å²) in [4.78, 5) is 14.2. The summed E-state index contributed by atoms with van der Waals surface area (Å²) < 4.78 is 0. The molecule has 1 unspecified atom stereocenters. The lowest BCUT2D eigenvalue weighted by atomic mass is 10.0. The van der Waals surface area contributed by atoms with Gasteiger partial charge in [0.15, 0.2) is 0 Å². The molecule has 1 amide bonds. The van der Waals surface area contributed by atoms with Gasteiger partial charge in [0.25, 0.3) is 0 Å². The van der Waals surface area contributed by atoms with Gasteiger partial charge < -0.3 is 15.5 Å². The summed E-state index contributed by atoms with van der Waals surface area (Å²) in [5.41, 5.74) is 0. The normalized spacial score (nSPS) is 28.1. The molecule has 0 bridgehead atoms. The second kappa shape index (κ2) is 8.97. The highest BCUT2D eigenvalue weighted by atomic mass is 35.5. The molecule has 4 nitrogen and oxygen atoms in total. The van der Waals surface area contributed by atoms with Gasteiger partial charge in [-0.2, -0.15) is 0 Å². The highest BCUT2D eigenvalue weighted by Gasteiger charge is 2.24. The molecule has 2 fully saturated rings. The standard InChI is InChI=1S/C12H23N3O.2ClH/c1-15-8-4-5-10(15)9-14-12(16)11-6-2-3-7-13-11;;/h10-11,13H,2-9H2,1H3,(H,14,16);2*1H/t10?,11-;;/m1../s1. The Morgan fingerprint density at radius 3 is 2.61 bits per heavy atom. The van der Waals surface area contributed by atoms with Crippen LogP contribution in [0.15, 0.2) is 0 Å². The topological polar surface area (TPSA) is 44.4 Å². The Morgan fingerprint density at radius 2 is 2.06 bits per heavy atom. The number of hydrogen-bond acceptors (Lipinski definition) is 3. The highest BCUT2D eigenvalue weighted by molar-refractivity contribution is 5.85. The van der Waals surface area contributed by atoms with Crippen LogP contribution in [0.1, 0.15) is 32.1 Å². The number of nitrogens with zero attached hydrogens (tertiary/aromatic N) is 1. The minimum atomic E-state index is 0. The Kier molecular flexibility index (Phi) is 8.95. The Morgan fingerprint density at radius 1 is 1.28 bits per heavy atom. The predicted molar refractivity (Wildman–Crippen MR) is 78.8 cm³/mol. The van der Waals surface area contributed by atoms with Crippen molar-refractivity contribution in [3.8, 4) is 0 Å². The summed E-state index contributed by atoms with van der Waals surface area (Å²) in [5, 5.41) is 6.36. The number of likely N-dealkylation sites (N-methyl/N-ethyl adjacent to an activating group) is 1. The quantitative estimate of drug-likeness (QED) is 0.822. The molecule has 2 heterocycles. The van der Waals surface area contributed by atoms with Crippen LogP contribution in [0.4, 0.5) is 0 Å². The van der Waals surface area contributed by atoms with Gasteiger partial charge in [0.1, 0.15) is 0 Å². The van der Waals surface area contributed by atoms with Crippen molar-refractivity contribution in [3.05, 3.63) is 0 Å². The van der Waals surface area contributed by atoms with Crippen LogP contribution >= 0.6 is 24.8 Å². The molecule has 6 heteroatoms. The highest BCUT2D eigenvalue weighted by Crippen LogP contribution is 2.13. The van der Waals surface area contributed by atoms with Crippen LogP contribution in [0.2, 0.25) is 0 Å². The van der Waals surface area contributed by atoms with Crippen molar-refractivity contribution >= 4 is 30.7 Å². The van der Waals surface area contributed by atoms with Crippen LogP contribution in [0, 0.1) is 0 Å². The largest absolute Gasteiger partial charge is 0.353 e. The molecule has 2 rings (SSSR count). The molecule has 2 aliphatic rings. The molecule has 0 radical (unpaired) electrons. The molecule has 0 aromatic carbocycles. The number of carbonyl (C=O) groups excluding carboxylic acids is 1. The van der Waals surface area contributed by atoms with Crippen LogP contribution in [-0.4, -0.2) is 49.6 Å². The van der Waals surface area contributed by atoms with Crippen molar-refractivity contribution < 1.29 is 4.79 Å². The first-order chi connectivity index (χ1) is 7.77. The van der Waals surface area contributed by atoms with Gasteiger partial charge >= 0.3 is 0 Å². The Balaban J connectivity index is 0.00000144. The van der Waals surface area contributed by atoms with Gasteiger partial charge in [0.05, 0.1) is 6.04 Å². The fourth-order valence-corrected chi connectivity index (χ4v) is 2.65. The molecule has 0 aromatic heterocycles. The predicted octanol–water partition coefficient (Wildman–Crippen LogP) is 1.18. The van der Waals surface area contributed by atoms with Gasteiger partial charge in [-0.15, -0.1) is 24.8 Å². The molecule has 18 heavy (non-hydrogen) atoms. The molecular weight excluding hydrogens is 273 g/mol. The molecule has 0 spiro atoms. The average molecular weight is 298 g/mol. The zero-order chi connectivity index (χ0) is 11.4. The van der Waals surface area contributed by atoms with Gasteiger partial charge in [-0.25, -0.2) is 0 Å². The summed E-state index contributed by atoms with van der Waals surface area (Å²) in [5.74, 6) is 0.194. The van der Waals surface area contributed by atoms with Crippen molar-refractivity contribution in [3.63, 3.8) is 0 Å². The summed E-state index contributed by atoms with van der Waals surface area (Å²) in [6, 6.07) is 0.605. The van der Waals surface area contributed by atoms with Gasteiger partial charge in [-0.1, -0.05) is 6.42 Å². The van der Waals surface area contributed by atoms with E-state index in [-0.39, 0.29) is 36.8 Å². The minimum absolute atomic E-state index is 0. The van der Waals surface area contributed by atoms with E-state index in [0.717, 1.165) is 19.5 Å². The molecule has 2 saturated heterocycles. The van der Waals surface area contributed by atoms with Gasteiger partial charge in [-0.3, -0.25) is 4.79 Å². The number of likely N-dealkylation sites (tertiary alicyclic amines) is 1. The van der Waals surface area contributed by atoms with E-state index in [2.05, 4.69) is 22.6 Å². The van der Waals surface area contributed by atoms with E-state index in [1.807, 2.05) is 0 Å². The zero-order valence-electron chi connectivity index (χ0n) is 11.0. The summed E-state index contributed by atoms with van der Waals surface area (Å²) >= 11 is 0. The number of carbonyl (C=O) groups is 1. The monoisotopic (exact) mass is 297 g/mol. The van der Waals surface area contributed by atoms with Crippen LogP contribution in [0.25, 0.3) is 0 Å². The first-order valence-electron chi connectivity index (χ1n) is 6.48. The van der Waals surface area contributed by atoms with Crippen molar-refractivity contribution in [1.29, 1.82) is 0 Å². The van der Waals surface area contributed by atoms with E-state index in [4.69, 9.17) is 0 Å². The summed E-state index contributed by atoms with van der Waals surface area (Å²) in [7, 11) is 2.14. The number of amides is 1. The first-order valence-corrected chi connectivity index (χ1v) is 6.48. The summed E-state index contributed by atoms with van der Waals surface area (Å²) in [6.45, 7) is 2.97. The van der Waals surface area contributed by atoms with Gasteiger partial charge in [0.2, 0.25) is 5.91 Å². The lowest BCUT2D eigenvalue weighted by molar-refractivity contribution is -0.123. The molecule has 2 aliphatic heterocycles.